The molecule has 4 aliphatic carbocycles. The number of phenolic OH excluding ortho intramolecular Hbond substituents is 1. The summed E-state index contributed by atoms with van der Waals surface area (Å²) in [5.41, 5.74) is 0.652. The molecule has 2 N–H and O–H groups in total. The quantitative estimate of drug-likeness (QED) is 0.518. The minimum absolute atomic E-state index is 0.0299. The molecule has 0 radical (unpaired) electrons. The van der Waals surface area contributed by atoms with Crippen molar-refractivity contribution >= 4 is 17.7 Å². The van der Waals surface area contributed by atoms with E-state index in [1.807, 2.05) is 16.7 Å². The zero-order chi connectivity index (χ0) is 20.7. The van der Waals surface area contributed by atoms with Gasteiger partial charge in [0.2, 0.25) is 5.91 Å². The Morgan fingerprint density at radius 1 is 1.20 bits per heavy atom. The Morgan fingerprint density at radius 3 is 2.50 bits per heavy atom. The minimum atomic E-state index is 0.0299. The summed E-state index contributed by atoms with van der Waals surface area (Å²) in [7, 11) is 0. The van der Waals surface area contributed by atoms with Crippen molar-refractivity contribution in [2.75, 3.05) is 5.75 Å². The highest BCUT2D eigenvalue weighted by molar-refractivity contribution is 7.99. The van der Waals surface area contributed by atoms with Crippen LogP contribution in [-0.4, -0.2) is 37.1 Å². The molecule has 0 aliphatic heterocycles. The number of rotatable bonds is 7. The Morgan fingerprint density at radius 2 is 1.87 bits per heavy atom. The molecule has 1 amide bonds. The molecular weight excluding hydrogens is 396 g/mol. The van der Waals surface area contributed by atoms with E-state index in [1.54, 1.807) is 18.2 Å². The summed E-state index contributed by atoms with van der Waals surface area (Å²) in [6.07, 6.45) is 9.32. The van der Waals surface area contributed by atoms with Crippen LogP contribution in [0.2, 0.25) is 0 Å². The number of nitrogens with zero attached hydrogens (tertiary/aromatic N) is 3. The number of allylic oxidation sites excluding steroid dienone is 1. The molecule has 0 spiro atoms. The number of hydrogen-bond donors (Lipinski definition) is 2. The lowest BCUT2D eigenvalue weighted by Crippen LogP contribution is -2.60. The van der Waals surface area contributed by atoms with E-state index in [9.17, 15) is 9.90 Å². The Kier molecular flexibility index (Phi) is 5.09. The predicted octanol–water partition coefficient (Wildman–Crippen LogP) is 4.01. The number of nitrogens with one attached hydrogen (secondary N) is 1. The molecule has 4 saturated carbocycles. The number of thioether (sulfide) groups is 1. The first-order valence-corrected chi connectivity index (χ1v) is 11.8. The second-order valence-corrected chi connectivity index (χ2v) is 10.2. The van der Waals surface area contributed by atoms with Gasteiger partial charge in [0.15, 0.2) is 11.0 Å². The van der Waals surface area contributed by atoms with Gasteiger partial charge >= 0.3 is 0 Å². The summed E-state index contributed by atoms with van der Waals surface area (Å²) < 4.78 is 1.89. The van der Waals surface area contributed by atoms with Crippen LogP contribution in [0.1, 0.15) is 38.5 Å². The summed E-state index contributed by atoms with van der Waals surface area (Å²) in [5, 5.41) is 22.8. The highest BCUT2D eigenvalue weighted by Gasteiger charge is 2.51. The maximum Gasteiger partial charge on any atom is 0.230 e. The lowest BCUT2D eigenvalue weighted by Gasteiger charge is -2.56. The Hall–Kier alpha value is -2.28. The third kappa shape index (κ3) is 3.64. The molecule has 4 aliphatic rings. The van der Waals surface area contributed by atoms with E-state index < -0.39 is 0 Å². The number of amides is 1. The van der Waals surface area contributed by atoms with Crippen LogP contribution in [0.3, 0.4) is 0 Å². The number of aromatic hydroxyl groups is 1. The molecule has 6 rings (SSSR count). The second kappa shape index (κ2) is 7.76. The zero-order valence-corrected chi connectivity index (χ0v) is 17.9. The fraction of sp³-hybridized carbons (Fsp3) is 0.522. The third-order valence-corrected chi connectivity index (χ3v) is 7.92. The molecule has 1 aromatic heterocycles. The lowest BCUT2D eigenvalue weighted by atomic mass is 9.53. The van der Waals surface area contributed by atoms with E-state index in [2.05, 4.69) is 22.1 Å². The Labute approximate surface area is 181 Å². The van der Waals surface area contributed by atoms with Crippen LogP contribution in [0.25, 0.3) is 11.4 Å². The molecule has 0 atom stereocenters. The van der Waals surface area contributed by atoms with Crippen LogP contribution in [0.15, 0.2) is 42.1 Å². The number of para-hydroxylation sites is 1. The summed E-state index contributed by atoms with van der Waals surface area (Å²) >= 11 is 1.39. The summed E-state index contributed by atoms with van der Waals surface area (Å²) in [6, 6.07) is 7.08. The highest BCUT2D eigenvalue weighted by Crippen LogP contribution is 2.55. The number of phenols is 1. The fourth-order valence-corrected chi connectivity index (χ4v) is 7.02. The molecule has 6 nitrogen and oxygen atoms in total. The average Bonchev–Trinajstić information content (AvgIpc) is 3.08. The van der Waals surface area contributed by atoms with Crippen molar-refractivity contribution in [3.05, 3.63) is 36.9 Å². The van der Waals surface area contributed by atoms with Gasteiger partial charge < -0.3 is 10.4 Å². The van der Waals surface area contributed by atoms with Gasteiger partial charge in [-0.15, -0.1) is 16.8 Å². The largest absolute Gasteiger partial charge is 0.507 e. The van der Waals surface area contributed by atoms with Crippen molar-refractivity contribution in [3.8, 4) is 17.1 Å². The first kappa shape index (κ1) is 19.7. The number of benzene rings is 1. The maximum atomic E-state index is 12.9. The van der Waals surface area contributed by atoms with Crippen molar-refractivity contribution in [1.82, 2.24) is 20.1 Å². The maximum absolute atomic E-state index is 12.9. The van der Waals surface area contributed by atoms with Crippen molar-refractivity contribution < 1.29 is 9.90 Å². The molecule has 158 valence electrons. The second-order valence-electron chi connectivity index (χ2n) is 9.26. The van der Waals surface area contributed by atoms with Crippen molar-refractivity contribution in [2.45, 2.75) is 55.8 Å². The number of carbonyl (C=O) groups is 1. The van der Waals surface area contributed by atoms with Crippen LogP contribution < -0.4 is 5.32 Å². The van der Waals surface area contributed by atoms with Crippen molar-refractivity contribution in [1.29, 1.82) is 0 Å². The van der Waals surface area contributed by atoms with Gasteiger partial charge in [-0.3, -0.25) is 9.36 Å². The van der Waals surface area contributed by atoms with Gasteiger partial charge in [-0.1, -0.05) is 30.0 Å². The number of aromatic nitrogens is 3. The van der Waals surface area contributed by atoms with Crippen LogP contribution in [-0.2, 0) is 11.3 Å². The van der Waals surface area contributed by atoms with Crippen LogP contribution in [0.4, 0.5) is 0 Å². The molecule has 1 heterocycles. The molecule has 0 saturated heterocycles. The number of carbonyl (C=O) groups excluding carboxylic acids is 1. The standard InChI is InChI=1S/C23H28N4O2S/c1-2-7-27-21(18-5-3-4-6-19(18)28)25-26-22(27)30-14-20(29)24-23-11-15-8-16(12-23)10-17(9-15)13-23/h2-6,15-17,28H,1,7-14H2,(H,24,29). The highest BCUT2D eigenvalue weighted by atomic mass is 32.2. The van der Waals surface area contributed by atoms with Crippen LogP contribution in [0.5, 0.6) is 5.75 Å². The van der Waals surface area contributed by atoms with Gasteiger partial charge in [0.05, 0.1) is 11.3 Å². The number of hydrogen-bond acceptors (Lipinski definition) is 5. The molecule has 2 aromatic rings. The van der Waals surface area contributed by atoms with E-state index in [0.717, 1.165) is 37.0 Å². The van der Waals surface area contributed by atoms with E-state index in [4.69, 9.17) is 0 Å². The van der Waals surface area contributed by atoms with Gasteiger partial charge in [-0.2, -0.15) is 0 Å². The third-order valence-electron chi connectivity index (χ3n) is 6.95. The lowest BCUT2D eigenvalue weighted by molar-refractivity contribution is -0.124. The average molecular weight is 425 g/mol. The molecule has 7 heteroatoms. The predicted molar refractivity (Wildman–Crippen MR) is 117 cm³/mol. The first-order chi connectivity index (χ1) is 14.5. The molecule has 4 bridgehead atoms. The molecular formula is C23H28N4O2S. The van der Waals surface area contributed by atoms with Crippen molar-refractivity contribution in [2.24, 2.45) is 17.8 Å². The summed E-state index contributed by atoms with van der Waals surface area (Å²) in [6.45, 7) is 4.33. The van der Waals surface area contributed by atoms with Gasteiger partial charge in [-0.05, 0) is 68.4 Å². The Bertz CT molecular complexity index is 935. The topological polar surface area (TPSA) is 80.0 Å². The van der Waals surface area contributed by atoms with Crippen LogP contribution >= 0.6 is 11.8 Å². The molecule has 4 fully saturated rings. The molecule has 1 aromatic carbocycles. The molecule has 0 unspecified atom stereocenters. The SMILES string of the molecule is C=CCn1c(SCC(=O)NC23CC4CC(CC(C4)C2)C3)nnc1-c1ccccc1O. The van der Waals surface area contributed by atoms with Gasteiger partial charge in [0.1, 0.15) is 5.75 Å². The monoisotopic (exact) mass is 424 g/mol. The zero-order valence-electron chi connectivity index (χ0n) is 17.1. The van der Waals surface area contributed by atoms with E-state index in [-0.39, 0.29) is 17.2 Å². The van der Waals surface area contributed by atoms with Gasteiger partial charge in [0, 0.05) is 12.1 Å². The van der Waals surface area contributed by atoms with Crippen LogP contribution in [0, 0.1) is 17.8 Å². The van der Waals surface area contributed by atoms with Crippen molar-refractivity contribution in [3.63, 3.8) is 0 Å². The summed E-state index contributed by atoms with van der Waals surface area (Å²) in [4.78, 5) is 12.9. The van der Waals surface area contributed by atoms with E-state index in [1.165, 1.54) is 31.0 Å². The van der Waals surface area contributed by atoms with Gasteiger partial charge in [0.25, 0.3) is 0 Å². The first-order valence-electron chi connectivity index (χ1n) is 10.8. The fourth-order valence-electron chi connectivity index (χ4n) is 6.28. The van der Waals surface area contributed by atoms with E-state index in [0.29, 0.717) is 28.8 Å². The summed E-state index contributed by atoms with van der Waals surface area (Å²) in [5.74, 6) is 3.56. The normalized spacial score (nSPS) is 29.1. The Balaban J connectivity index is 1.28. The van der Waals surface area contributed by atoms with Gasteiger partial charge in [-0.25, -0.2) is 0 Å². The van der Waals surface area contributed by atoms with E-state index >= 15 is 0 Å². The molecule has 30 heavy (non-hydrogen) atoms. The smallest absolute Gasteiger partial charge is 0.230 e. The minimum Gasteiger partial charge on any atom is -0.507 e.